The number of ether oxygens (including phenoxy) is 1. The van der Waals surface area contributed by atoms with Crippen LogP contribution in [-0.4, -0.2) is 36.0 Å². The fraction of sp³-hybridized carbons (Fsp3) is 0.273. The van der Waals surface area contributed by atoms with E-state index in [1.165, 1.54) is 4.90 Å². The van der Waals surface area contributed by atoms with Crippen molar-refractivity contribution in [1.29, 1.82) is 0 Å². The number of nitrogens with zero attached hydrogens (tertiary/aromatic N) is 1. The van der Waals surface area contributed by atoms with E-state index in [4.69, 9.17) is 4.74 Å². The van der Waals surface area contributed by atoms with Crippen LogP contribution in [0.1, 0.15) is 20.7 Å². The quantitative estimate of drug-likeness (QED) is 0.259. The van der Waals surface area contributed by atoms with Gasteiger partial charge in [-0.3, -0.25) is 14.5 Å². The van der Waals surface area contributed by atoms with Crippen LogP contribution >= 0.6 is 63.7 Å². The Kier molecular flexibility index (Phi) is 3.66. The van der Waals surface area contributed by atoms with Gasteiger partial charge >= 0.3 is 0 Å². The summed E-state index contributed by atoms with van der Waals surface area (Å²) in [6.07, 6.45) is -0.0216. The molecule has 0 unspecified atom stereocenters. The number of imide groups is 1. The molecule has 0 saturated carbocycles. The van der Waals surface area contributed by atoms with E-state index in [0.717, 1.165) is 0 Å². The molecular formula is C11H5Br4NO3. The van der Waals surface area contributed by atoms with Crippen LogP contribution in [-0.2, 0) is 4.74 Å². The second-order valence-electron chi connectivity index (χ2n) is 4.18. The van der Waals surface area contributed by atoms with Gasteiger partial charge in [-0.05, 0) is 63.7 Å². The molecular weight excluding hydrogens is 514 g/mol. The zero-order valence-corrected chi connectivity index (χ0v) is 15.5. The predicted molar refractivity (Wildman–Crippen MR) is 82.3 cm³/mol. The third-order valence-electron chi connectivity index (χ3n) is 2.97. The van der Waals surface area contributed by atoms with Gasteiger partial charge in [0, 0.05) is 17.9 Å². The van der Waals surface area contributed by atoms with Gasteiger partial charge in [0.25, 0.3) is 11.8 Å². The first-order valence-electron chi connectivity index (χ1n) is 5.27. The molecule has 100 valence electrons. The minimum Gasteiger partial charge on any atom is -0.371 e. The minimum atomic E-state index is -0.295. The first-order valence-corrected chi connectivity index (χ1v) is 8.44. The maximum atomic E-state index is 12.4. The summed E-state index contributed by atoms with van der Waals surface area (Å²) >= 11 is 13.5. The summed E-state index contributed by atoms with van der Waals surface area (Å²) in [6.45, 7) is 0.906. The molecule has 2 aliphatic rings. The van der Waals surface area contributed by atoms with Gasteiger partial charge in [-0.25, -0.2) is 0 Å². The van der Waals surface area contributed by atoms with Crippen LogP contribution in [0, 0.1) is 0 Å². The normalized spacial score (nSPS) is 21.1. The highest BCUT2D eigenvalue weighted by Crippen LogP contribution is 2.45. The van der Waals surface area contributed by atoms with Crippen LogP contribution in [0.4, 0.5) is 0 Å². The number of hydrogen-bond donors (Lipinski definition) is 0. The molecule has 1 atom stereocenters. The van der Waals surface area contributed by atoms with Crippen molar-refractivity contribution in [2.45, 2.75) is 6.10 Å². The Morgan fingerprint density at radius 2 is 1.37 bits per heavy atom. The van der Waals surface area contributed by atoms with Crippen molar-refractivity contribution in [2.24, 2.45) is 0 Å². The molecule has 1 fully saturated rings. The van der Waals surface area contributed by atoms with Crippen molar-refractivity contribution in [3.05, 3.63) is 29.0 Å². The molecule has 0 bridgehead atoms. The van der Waals surface area contributed by atoms with E-state index < -0.39 is 0 Å². The van der Waals surface area contributed by atoms with Crippen molar-refractivity contribution in [3.63, 3.8) is 0 Å². The van der Waals surface area contributed by atoms with Crippen LogP contribution in [0.25, 0.3) is 0 Å². The maximum absolute atomic E-state index is 12.4. The lowest BCUT2D eigenvalue weighted by molar-refractivity contribution is 0.0642. The van der Waals surface area contributed by atoms with Gasteiger partial charge in [-0.2, -0.15) is 0 Å². The van der Waals surface area contributed by atoms with Crippen LogP contribution in [0.2, 0.25) is 0 Å². The number of benzene rings is 1. The summed E-state index contributed by atoms with van der Waals surface area (Å²) < 4.78 is 7.64. The largest absolute Gasteiger partial charge is 0.371 e. The van der Waals surface area contributed by atoms with E-state index in [0.29, 0.717) is 42.2 Å². The average molecular weight is 519 g/mol. The average Bonchev–Trinajstić information content (AvgIpc) is 3.16. The van der Waals surface area contributed by atoms with Gasteiger partial charge in [0.15, 0.2) is 0 Å². The summed E-state index contributed by atoms with van der Waals surface area (Å²) in [7, 11) is 0. The van der Waals surface area contributed by atoms with E-state index in [-0.39, 0.29) is 17.9 Å². The van der Waals surface area contributed by atoms with Crippen LogP contribution in [0.5, 0.6) is 0 Å². The fourth-order valence-corrected chi connectivity index (χ4v) is 4.40. The zero-order valence-electron chi connectivity index (χ0n) is 9.18. The Labute approximate surface area is 142 Å². The lowest BCUT2D eigenvalue weighted by Crippen LogP contribution is -2.33. The lowest BCUT2D eigenvalue weighted by Gasteiger charge is -2.11. The van der Waals surface area contributed by atoms with Gasteiger partial charge < -0.3 is 4.74 Å². The topological polar surface area (TPSA) is 49.9 Å². The molecule has 8 heteroatoms. The molecule has 0 aliphatic carbocycles. The molecule has 1 aromatic rings. The Hall–Kier alpha value is 0.240. The number of rotatable bonds is 2. The van der Waals surface area contributed by atoms with E-state index in [2.05, 4.69) is 63.7 Å². The van der Waals surface area contributed by atoms with Crippen LogP contribution in [0.15, 0.2) is 17.9 Å². The molecule has 3 rings (SSSR count). The number of fused-ring (bicyclic) bond motifs is 1. The molecule has 2 aliphatic heterocycles. The van der Waals surface area contributed by atoms with E-state index in [1.807, 2.05) is 0 Å². The van der Waals surface area contributed by atoms with Crippen LogP contribution < -0.4 is 0 Å². The molecule has 1 aromatic carbocycles. The van der Waals surface area contributed by atoms with Gasteiger partial charge in [0.05, 0.1) is 30.4 Å². The fourth-order valence-electron chi connectivity index (χ4n) is 1.94. The second kappa shape index (κ2) is 4.91. The number of amides is 2. The summed E-state index contributed by atoms with van der Waals surface area (Å²) in [5, 5.41) is 0. The highest BCUT2D eigenvalue weighted by molar-refractivity contribution is 9.15. The molecule has 2 heterocycles. The zero-order chi connectivity index (χ0) is 13.9. The first-order chi connectivity index (χ1) is 8.93. The number of carbonyl (C=O) groups is 2. The molecule has 0 spiro atoms. The molecule has 0 aromatic heterocycles. The maximum Gasteiger partial charge on any atom is 0.262 e. The Morgan fingerprint density at radius 3 is 1.74 bits per heavy atom. The van der Waals surface area contributed by atoms with E-state index >= 15 is 0 Å². The highest BCUT2D eigenvalue weighted by Gasteiger charge is 2.43. The van der Waals surface area contributed by atoms with Crippen molar-refractivity contribution >= 4 is 75.5 Å². The summed E-state index contributed by atoms with van der Waals surface area (Å²) in [5.74, 6) is -0.590. The Bertz CT molecular complexity index is 580. The van der Waals surface area contributed by atoms with Gasteiger partial charge in [-0.15, -0.1) is 0 Å². The SMILES string of the molecule is O=C1c2c(Br)c(Br)c(Br)c(Br)c2C(=O)N1C[C@H]1CO1. The van der Waals surface area contributed by atoms with Crippen molar-refractivity contribution in [1.82, 2.24) is 4.90 Å². The summed E-state index contributed by atoms with van der Waals surface area (Å²) in [4.78, 5) is 26.0. The Balaban J connectivity index is 2.16. The van der Waals surface area contributed by atoms with Crippen LogP contribution in [0.3, 0.4) is 0 Å². The smallest absolute Gasteiger partial charge is 0.262 e. The van der Waals surface area contributed by atoms with Gasteiger partial charge in [0.1, 0.15) is 0 Å². The van der Waals surface area contributed by atoms with Gasteiger partial charge in [0.2, 0.25) is 0 Å². The molecule has 2 amide bonds. The summed E-state index contributed by atoms with van der Waals surface area (Å²) in [5.41, 5.74) is 0.764. The molecule has 4 nitrogen and oxygen atoms in total. The lowest BCUT2D eigenvalue weighted by atomic mass is 10.1. The number of halogens is 4. The van der Waals surface area contributed by atoms with Gasteiger partial charge in [-0.1, -0.05) is 0 Å². The number of epoxide rings is 1. The minimum absolute atomic E-state index is 0.0216. The number of hydrogen-bond acceptors (Lipinski definition) is 3. The highest BCUT2D eigenvalue weighted by atomic mass is 79.9. The predicted octanol–water partition coefficient (Wildman–Crippen LogP) is 3.73. The summed E-state index contributed by atoms with van der Waals surface area (Å²) in [6, 6.07) is 0. The third-order valence-corrected chi connectivity index (χ3v) is 7.74. The number of carbonyl (C=O) groups excluding carboxylic acids is 2. The van der Waals surface area contributed by atoms with Crippen molar-refractivity contribution in [2.75, 3.05) is 13.2 Å². The third kappa shape index (κ3) is 2.16. The molecule has 0 radical (unpaired) electrons. The standard InChI is InChI=1S/C11H5Br4NO3/c12-6-4-5(7(13)9(15)8(6)14)11(18)16(10(4)17)1-3-2-19-3/h3H,1-2H2/t3-/m0/s1. The first kappa shape index (κ1) is 14.2. The molecule has 0 N–H and O–H groups in total. The van der Waals surface area contributed by atoms with E-state index in [9.17, 15) is 9.59 Å². The molecule has 19 heavy (non-hydrogen) atoms. The van der Waals surface area contributed by atoms with E-state index in [1.54, 1.807) is 0 Å². The Morgan fingerprint density at radius 1 is 0.947 bits per heavy atom. The monoisotopic (exact) mass is 515 g/mol. The second-order valence-corrected chi connectivity index (χ2v) is 7.35. The van der Waals surface area contributed by atoms with Crippen molar-refractivity contribution < 1.29 is 14.3 Å². The van der Waals surface area contributed by atoms with Crippen molar-refractivity contribution in [3.8, 4) is 0 Å². The molecule has 1 saturated heterocycles.